The number of carbonyl (C=O) groups excluding carboxylic acids is 1. The fourth-order valence-corrected chi connectivity index (χ4v) is 4.01. The molecule has 0 aliphatic rings. The van der Waals surface area contributed by atoms with E-state index in [0.29, 0.717) is 37.6 Å². The van der Waals surface area contributed by atoms with Gasteiger partial charge in [0.05, 0.1) is 16.4 Å². The molecule has 2 heterocycles. The first-order valence-corrected chi connectivity index (χ1v) is 10.9. The SMILES string of the molecule is Cc1nc(C)c(C(=O)O/N=C(\C(=C\c2ccc(Cl)cc2Cl)n2cncn2)C(C)(C)C)s1. The minimum Gasteiger partial charge on any atom is -0.311 e. The summed E-state index contributed by atoms with van der Waals surface area (Å²) < 4.78 is 1.55. The Bertz CT molecular complexity index is 1160. The molecule has 0 aliphatic carbocycles. The number of aryl methyl sites for hydroxylation is 2. The zero-order valence-corrected chi connectivity index (χ0v) is 20.0. The minimum atomic E-state index is -0.563. The van der Waals surface area contributed by atoms with Crippen LogP contribution in [0.1, 0.15) is 46.7 Å². The second-order valence-corrected chi connectivity index (χ2v) is 9.80. The van der Waals surface area contributed by atoms with E-state index in [9.17, 15) is 4.79 Å². The maximum atomic E-state index is 12.6. The van der Waals surface area contributed by atoms with Crippen LogP contribution in [0.3, 0.4) is 0 Å². The van der Waals surface area contributed by atoms with Gasteiger partial charge < -0.3 is 4.84 Å². The van der Waals surface area contributed by atoms with Gasteiger partial charge in [-0.3, -0.25) is 0 Å². The Morgan fingerprint density at radius 1 is 1.26 bits per heavy atom. The fourth-order valence-electron chi connectivity index (χ4n) is 2.76. The highest BCUT2D eigenvalue weighted by atomic mass is 35.5. The third kappa shape index (κ3) is 5.58. The number of benzene rings is 1. The fraction of sp³-hybridized carbons (Fsp3) is 0.286. The third-order valence-corrected chi connectivity index (χ3v) is 5.80. The van der Waals surface area contributed by atoms with Crippen LogP contribution in [-0.2, 0) is 4.84 Å². The summed E-state index contributed by atoms with van der Waals surface area (Å²) in [5.74, 6) is -0.563. The molecule has 31 heavy (non-hydrogen) atoms. The molecule has 0 saturated heterocycles. The summed E-state index contributed by atoms with van der Waals surface area (Å²) in [5.41, 5.74) is 1.85. The molecule has 0 bridgehead atoms. The monoisotopic (exact) mass is 477 g/mol. The van der Waals surface area contributed by atoms with Crippen LogP contribution in [0, 0.1) is 19.3 Å². The summed E-state index contributed by atoms with van der Waals surface area (Å²) in [6.45, 7) is 9.46. The summed E-state index contributed by atoms with van der Waals surface area (Å²) in [5, 5.41) is 10.2. The average Bonchev–Trinajstić information content (AvgIpc) is 3.31. The molecule has 3 rings (SSSR count). The lowest BCUT2D eigenvalue weighted by Crippen LogP contribution is -2.25. The molecule has 0 unspecified atom stereocenters. The van der Waals surface area contributed by atoms with E-state index in [1.807, 2.05) is 27.7 Å². The first kappa shape index (κ1) is 23.1. The first-order valence-electron chi connectivity index (χ1n) is 9.32. The van der Waals surface area contributed by atoms with Gasteiger partial charge in [-0.2, -0.15) is 5.10 Å². The number of rotatable bonds is 5. The number of carbonyl (C=O) groups is 1. The number of nitrogens with zero attached hydrogens (tertiary/aromatic N) is 5. The second kappa shape index (κ2) is 9.30. The molecule has 10 heteroatoms. The topological polar surface area (TPSA) is 82.3 Å². The van der Waals surface area contributed by atoms with Gasteiger partial charge in [-0.25, -0.2) is 19.4 Å². The molecule has 0 atom stereocenters. The lowest BCUT2D eigenvalue weighted by molar-refractivity contribution is 0.0518. The Hall–Kier alpha value is -2.55. The molecule has 0 radical (unpaired) electrons. The molecule has 162 valence electrons. The summed E-state index contributed by atoms with van der Waals surface area (Å²) in [4.78, 5) is 26.7. The molecule has 0 N–H and O–H groups in total. The summed E-state index contributed by atoms with van der Waals surface area (Å²) in [7, 11) is 0. The van der Waals surface area contributed by atoms with Crippen molar-refractivity contribution in [2.75, 3.05) is 0 Å². The van der Waals surface area contributed by atoms with Crippen molar-refractivity contribution in [2.24, 2.45) is 10.6 Å². The van der Waals surface area contributed by atoms with Crippen LogP contribution in [0.5, 0.6) is 0 Å². The van der Waals surface area contributed by atoms with E-state index in [4.69, 9.17) is 28.0 Å². The van der Waals surface area contributed by atoms with Gasteiger partial charge in [0.15, 0.2) is 0 Å². The Balaban J connectivity index is 2.08. The molecule has 7 nitrogen and oxygen atoms in total. The summed E-state index contributed by atoms with van der Waals surface area (Å²) in [6, 6.07) is 5.18. The molecule has 0 aliphatic heterocycles. The van der Waals surface area contributed by atoms with Crippen LogP contribution in [0.4, 0.5) is 0 Å². The maximum absolute atomic E-state index is 12.6. The normalized spacial score (nSPS) is 12.9. The van der Waals surface area contributed by atoms with Crippen LogP contribution in [-0.4, -0.2) is 31.4 Å². The number of allylic oxidation sites excluding steroid dienone is 1. The van der Waals surface area contributed by atoms with Gasteiger partial charge in [0.2, 0.25) is 0 Å². The zero-order chi connectivity index (χ0) is 22.8. The predicted octanol–water partition coefficient (Wildman–Crippen LogP) is 5.92. The lowest BCUT2D eigenvalue weighted by Gasteiger charge is -2.23. The van der Waals surface area contributed by atoms with Crippen molar-refractivity contribution in [3.63, 3.8) is 0 Å². The van der Waals surface area contributed by atoms with Gasteiger partial charge >= 0.3 is 5.97 Å². The number of hydrogen-bond donors (Lipinski definition) is 0. The Morgan fingerprint density at radius 2 is 2.00 bits per heavy atom. The number of thiazole rings is 1. The van der Waals surface area contributed by atoms with E-state index in [1.165, 1.54) is 24.0 Å². The standard InChI is InChI=1S/C21H21Cl2N5O2S/c1-12-18(31-13(2)26-12)20(29)30-27-19(21(3,4)5)17(28-11-24-10-25-28)8-14-6-7-15(22)9-16(14)23/h6-11H,1-5H3/b17-8-,27-19+. The van der Waals surface area contributed by atoms with Crippen LogP contribution in [0.25, 0.3) is 11.8 Å². The molecule has 1 aromatic carbocycles. The van der Waals surface area contributed by atoms with Crippen molar-refractivity contribution in [3.8, 4) is 0 Å². The number of hydrogen-bond acceptors (Lipinski definition) is 7. The van der Waals surface area contributed by atoms with Crippen molar-refractivity contribution in [1.29, 1.82) is 0 Å². The maximum Gasteiger partial charge on any atom is 0.377 e. The molecule has 3 aromatic rings. The van der Waals surface area contributed by atoms with Gasteiger partial charge in [-0.15, -0.1) is 11.3 Å². The molecule has 0 amide bonds. The Morgan fingerprint density at radius 3 is 2.55 bits per heavy atom. The van der Waals surface area contributed by atoms with E-state index in [1.54, 1.807) is 35.9 Å². The van der Waals surface area contributed by atoms with Crippen molar-refractivity contribution < 1.29 is 9.63 Å². The number of aromatic nitrogens is 4. The first-order chi connectivity index (χ1) is 14.6. The van der Waals surface area contributed by atoms with E-state index >= 15 is 0 Å². The summed E-state index contributed by atoms with van der Waals surface area (Å²) >= 11 is 13.7. The van der Waals surface area contributed by atoms with Crippen molar-refractivity contribution in [1.82, 2.24) is 19.7 Å². The molecule has 0 saturated carbocycles. The van der Waals surface area contributed by atoms with Crippen molar-refractivity contribution >= 4 is 58.0 Å². The Labute approximate surface area is 194 Å². The summed E-state index contributed by atoms with van der Waals surface area (Å²) in [6.07, 6.45) is 4.75. The number of oxime groups is 1. The quantitative estimate of drug-likeness (QED) is 0.259. The van der Waals surface area contributed by atoms with Crippen molar-refractivity contribution in [2.45, 2.75) is 34.6 Å². The van der Waals surface area contributed by atoms with E-state index < -0.39 is 11.4 Å². The van der Waals surface area contributed by atoms with Gasteiger partial charge in [0, 0.05) is 15.5 Å². The molecular formula is C21H21Cl2N5O2S. The van der Waals surface area contributed by atoms with Crippen LogP contribution in [0.15, 0.2) is 36.0 Å². The predicted molar refractivity (Wildman–Crippen MR) is 125 cm³/mol. The highest BCUT2D eigenvalue weighted by molar-refractivity contribution is 7.13. The Kier molecular flexibility index (Phi) is 6.93. The van der Waals surface area contributed by atoms with Crippen LogP contribution >= 0.6 is 34.5 Å². The van der Waals surface area contributed by atoms with Crippen LogP contribution < -0.4 is 0 Å². The van der Waals surface area contributed by atoms with Gasteiger partial charge in [-0.1, -0.05) is 55.2 Å². The van der Waals surface area contributed by atoms with Gasteiger partial charge in [-0.05, 0) is 37.6 Å². The smallest absolute Gasteiger partial charge is 0.311 e. The van der Waals surface area contributed by atoms with E-state index in [-0.39, 0.29) is 0 Å². The van der Waals surface area contributed by atoms with E-state index in [2.05, 4.69) is 20.2 Å². The van der Waals surface area contributed by atoms with Crippen LogP contribution in [0.2, 0.25) is 10.0 Å². The zero-order valence-electron chi connectivity index (χ0n) is 17.7. The average molecular weight is 478 g/mol. The largest absolute Gasteiger partial charge is 0.377 e. The molecule has 2 aromatic heterocycles. The lowest BCUT2D eigenvalue weighted by atomic mass is 9.87. The second-order valence-electron chi connectivity index (χ2n) is 7.75. The minimum absolute atomic E-state index is 0.418. The van der Waals surface area contributed by atoms with E-state index in [0.717, 1.165) is 5.01 Å². The van der Waals surface area contributed by atoms with Gasteiger partial charge in [0.1, 0.15) is 23.2 Å². The third-order valence-electron chi connectivity index (χ3n) is 4.18. The number of halogens is 2. The molecular weight excluding hydrogens is 457 g/mol. The van der Waals surface area contributed by atoms with Gasteiger partial charge in [0.25, 0.3) is 0 Å². The molecule has 0 fully saturated rings. The van der Waals surface area contributed by atoms with Crippen molar-refractivity contribution in [3.05, 3.63) is 62.0 Å². The highest BCUT2D eigenvalue weighted by Crippen LogP contribution is 2.29. The molecule has 0 spiro atoms. The highest BCUT2D eigenvalue weighted by Gasteiger charge is 2.27.